The van der Waals surface area contributed by atoms with Gasteiger partial charge in [-0.05, 0) is 37.6 Å². The Balaban J connectivity index is 1.87. The normalized spacial score (nSPS) is 16.6. The summed E-state index contributed by atoms with van der Waals surface area (Å²) in [6.07, 6.45) is -0.560. The van der Waals surface area contributed by atoms with Gasteiger partial charge in [0, 0.05) is 38.2 Å². The predicted octanol–water partition coefficient (Wildman–Crippen LogP) is 1.31. The molecule has 7 heteroatoms. The quantitative estimate of drug-likeness (QED) is 0.867. The van der Waals surface area contributed by atoms with Gasteiger partial charge in [-0.15, -0.1) is 0 Å². The minimum absolute atomic E-state index is 0.00954. The van der Waals surface area contributed by atoms with Crippen LogP contribution in [-0.4, -0.2) is 67.5 Å². The van der Waals surface area contributed by atoms with Crippen LogP contribution in [0.2, 0.25) is 5.02 Å². The molecule has 6 nitrogen and oxygen atoms in total. The first-order valence-electron chi connectivity index (χ1n) is 8.05. The largest absolute Gasteiger partial charge is 0.481 e. The lowest BCUT2D eigenvalue weighted by atomic mass is 10.2. The van der Waals surface area contributed by atoms with Crippen molar-refractivity contribution in [1.29, 1.82) is 0 Å². The maximum Gasteiger partial charge on any atom is 0.263 e. The topological polar surface area (TPSA) is 61.9 Å². The molecule has 24 heavy (non-hydrogen) atoms. The van der Waals surface area contributed by atoms with Gasteiger partial charge in [-0.2, -0.15) is 0 Å². The second kappa shape index (κ2) is 8.35. The van der Waals surface area contributed by atoms with Crippen LogP contribution in [0, 0.1) is 6.92 Å². The summed E-state index contributed by atoms with van der Waals surface area (Å²) in [5, 5.41) is 3.25. The van der Waals surface area contributed by atoms with Crippen LogP contribution < -0.4 is 10.1 Å². The van der Waals surface area contributed by atoms with Crippen LogP contribution in [0.5, 0.6) is 5.75 Å². The molecule has 0 radical (unpaired) electrons. The Morgan fingerprint density at radius 2 is 1.96 bits per heavy atom. The highest BCUT2D eigenvalue weighted by atomic mass is 35.5. The van der Waals surface area contributed by atoms with E-state index >= 15 is 0 Å². The third kappa shape index (κ3) is 4.85. The van der Waals surface area contributed by atoms with Crippen LogP contribution in [-0.2, 0) is 9.59 Å². The molecule has 1 fully saturated rings. The maximum absolute atomic E-state index is 12.5. The Morgan fingerprint density at radius 1 is 1.29 bits per heavy atom. The smallest absolute Gasteiger partial charge is 0.263 e. The van der Waals surface area contributed by atoms with Crippen molar-refractivity contribution in [1.82, 2.24) is 15.1 Å². The van der Waals surface area contributed by atoms with Gasteiger partial charge in [-0.25, -0.2) is 0 Å². The standard InChI is InChI=1S/C17H24ClN3O3/c1-12-10-14(18)4-5-15(12)24-13(2)17(23)21-8-6-20(7-9-21)11-16(22)19-3/h4-5,10,13H,6-9,11H2,1-3H3,(H,19,22). The molecule has 0 bridgehead atoms. The Labute approximate surface area is 147 Å². The van der Waals surface area contributed by atoms with Crippen molar-refractivity contribution in [2.75, 3.05) is 39.8 Å². The Kier molecular flexibility index (Phi) is 6.45. The molecule has 2 rings (SSSR count). The van der Waals surface area contributed by atoms with Crippen molar-refractivity contribution in [3.05, 3.63) is 28.8 Å². The van der Waals surface area contributed by atoms with Crippen molar-refractivity contribution in [2.45, 2.75) is 20.0 Å². The molecular formula is C17H24ClN3O3. The molecule has 0 aliphatic carbocycles. The number of nitrogens with zero attached hydrogens (tertiary/aromatic N) is 2. The van der Waals surface area contributed by atoms with Gasteiger partial charge in [0.1, 0.15) is 5.75 Å². The molecule has 0 spiro atoms. The van der Waals surface area contributed by atoms with Crippen LogP contribution in [0.4, 0.5) is 0 Å². The number of ether oxygens (including phenoxy) is 1. The van der Waals surface area contributed by atoms with Gasteiger partial charge in [-0.3, -0.25) is 14.5 Å². The number of rotatable bonds is 5. The summed E-state index contributed by atoms with van der Waals surface area (Å²) in [6.45, 7) is 6.60. The highest BCUT2D eigenvalue weighted by Crippen LogP contribution is 2.23. The lowest BCUT2D eigenvalue weighted by molar-refractivity contribution is -0.139. The molecule has 1 N–H and O–H groups in total. The third-order valence-corrected chi connectivity index (χ3v) is 4.35. The molecule has 1 aliphatic heterocycles. The number of likely N-dealkylation sites (N-methyl/N-ethyl adjacent to an activating group) is 1. The fraction of sp³-hybridized carbons (Fsp3) is 0.529. The number of hydrogen-bond acceptors (Lipinski definition) is 4. The number of benzene rings is 1. The monoisotopic (exact) mass is 353 g/mol. The fourth-order valence-corrected chi connectivity index (χ4v) is 2.88. The van der Waals surface area contributed by atoms with E-state index in [1.807, 2.05) is 17.9 Å². The summed E-state index contributed by atoms with van der Waals surface area (Å²) in [6, 6.07) is 5.34. The average molecular weight is 354 g/mol. The summed E-state index contributed by atoms with van der Waals surface area (Å²) >= 11 is 5.93. The number of nitrogens with one attached hydrogen (secondary N) is 1. The molecule has 1 heterocycles. The van der Waals surface area contributed by atoms with Crippen LogP contribution in [0.25, 0.3) is 0 Å². The van der Waals surface area contributed by atoms with E-state index in [1.54, 1.807) is 31.0 Å². The zero-order chi connectivity index (χ0) is 17.7. The fourth-order valence-electron chi connectivity index (χ4n) is 2.65. The van der Waals surface area contributed by atoms with E-state index in [1.165, 1.54) is 0 Å². The number of hydrogen-bond donors (Lipinski definition) is 1. The van der Waals surface area contributed by atoms with E-state index in [4.69, 9.17) is 16.3 Å². The predicted molar refractivity (Wildman–Crippen MR) is 93.4 cm³/mol. The molecule has 132 valence electrons. The first-order chi connectivity index (χ1) is 11.4. The summed E-state index contributed by atoms with van der Waals surface area (Å²) < 4.78 is 5.80. The number of carbonyl (C=O) groups excluding carboxylic acids is 2. The third-order valence-electron chi connectivity index (χ3n) is 4.12. The summed E-state index contributed by atoms with van der Waals surface area (Å²) in [5.41, 5.74) is 0.901. The zero-order valence-corrected chi connectivity index (χ0v) is 15.1. The summed E-state index contributed by atoms with van der Waals surface area (Å²) in [5.74, 6) is 0.618. The van der Waals surface area contributed by atoms with E-state index in [-0.39, 0.29) is 11.8 Å². The Morgan fingerprint density at radius 3 is 2.54 bits per heavy atom. The number of carbonyl (C=O) groups is 2. The highest BCUT2D eigenvalue weighted by Gasteiger charge is 2.26. The van der Waals surface area contributed by atoms with Crippen LogP contribution in [0.15, 0.2) is 18.2 Å². The molecule has 1 aromatic carbocycles. The number of halogens is 1. The van der Waals surface area contributed by atoms with Gasteiger partial charge >= 0.3 is 0 Å². The van der Waals surface area contributed by atoms with Crippen molar-refractivity contribution < 1.29 is 14.3 Å². The van der Waals surface area contributed by atoms with E-state index < -0.39 is 6.10 Å². The zero-order valence-electron chi connectivity index (χ0n) is 14.3. The Bertz CT molecular complexity index is 601. The van der Waals surface area contributed by atoms with Gasteiger partial charge < -0.3 is 15.0 Å². The first-order valence-corrected chi connectivity index (χ1v) is 8.43. The molecule has 2 amide bonds. The average Bonchev–Trinajstić information content (AvgIpc) is 2.57. The Hall–Kier alpha value is -1.79. The van der Waals surface area contributed by atoms with Gasteiger partial charge in [0.2, 0.25) is 5.91 Å². The van der Waals surface area contributed by atoms with Crippen molar-refractivity contribution in [3.8, 4) is 5.75 Å². The second-order valence-corrected chi connectivity index (χ2v) is 6.38. The van der Waals surface area contributed by atoms with E-state index in [2.05, 4.69) is 5.32 Å². The molecular weight excluding hydrogens is 330 g/mol. The molecule has 1 aliphatic rings. The lowest BCUT2D eigenvalue weighted by Crippen LogP contribution is -2.53. The molecule has 0 saturated carbocycles. The van der Waals surface area contributed by atoms with Crippen molar-refractivity contribution in [2.24, 2.45) is 0 Å². The van der Waals surface area contributed by atoms with Gasteiger partial charge in [-0.1, -0.05) is 11.6 Å². The van der Waals surface area contributed by atoms with Crippen LogP contribution in [0.1, 0.15) is 12.5 Å². The number of aryl methyl sites for hydroxylation is 1. The van der Waals surface area contributed by atoms with Gasteiger partial charge in [0.05, 0.1) is 6.54 Å². The second-order valence-electron chi connectivity index (χ2n) is 5.94. The summed E-state index contributed by atoms with van der Waals surface area (Å²) in [7, 11) is 1.62. The minimum Gasteiger partial charge on any atom is -0.481 e. The van der Waals surface area contributed by atoms with Crippen molar-refractivity contribution in [3.63, 3.8) is 0 Å². The first kappa shape index (κ1) is 18.5. The maximum atomic E-state index is 12.5. The molecule has 1 aromatic rings. The number of amides is 2. The SMILES string of the molecule is CNC(=O)CN1CCN(C(=O)C(C)Oc2ccc(Cl)cc2C)CC1. The van der Waals surface area contributed by atoms with Gasteiger partial charge in [0.15, 0.2) is 6.10 Å². The highest BCUT2D eigenvalue weighted by molar-refractivity contribution is 6.30. The molecule has 1 unspecified atom stereocenters. The molecule has 1 atom stereocenters. The van der Waals surface area contributed by atoms with Crippen LogP contribution >= 0.6 is 11.6 Å². The summed E-state index contributed by atoms with van der Waals surface area (Å²) in [4.78, 5) is 27.8. The van der Waals surface area contributed by atoms with E-state index in [0.717, 1.165) is 5.56 Å². The van der Waals surface area contributed by atoms with Gasteiger partial charge in [0.25, 0.3) is 5.91 Å². The van der Waals surface area contributed by atoms with Crippen LogP contribution in [0.3, 0.4) is 0 Å². The molecule has 0 aromatic heterocycles. The van der Waals surface area contributed by atoms with Crippen molar-refractivity contribution >= 4 is 23.4 Å². The van der Waals surface area contributed by atoms with E-state index in [0.29, 0.717) is 43.5 Å². The lowest BCUT2D eigenvalue weighted by Gasteiger charge is -2.35. The number of piperazine rings is 1. The minimum atomic E-state index is -0.560. The molecule has 1 saturated heterocycles. The van der Waals surface area contributed by atoms with E-state index in [9.17, 15) is 9.59 Å².